The summed E-state index contributed by atoms with van der Waals surface area (Å²) in [6, 6.07) is 3.58. The van der Waals surface area contributed by atoms with E-state index in [9.17, 15) is 5.11 Å². The van der Waals surface area contributed by atoms with E-state index in [4.69, 9.17) is 5.11 Å². The molecule has 68 valence electrons. The van der Waals surface area contributed by atoms with Gasteiger partial charge in [0, 0.05) is 10.3 Å². The topological polar surface area (TPSA) is 40.5 Å². The van der Waals surface area contributed by atoms with Crippen molar-refractivity contribution in [2.45, 2.75) is 11.5 Å². The summed E-state index contributed by atoms with van der Waals surface area (Å²) in [5.74, 6) is 0.200. The molecule has 0 amide bonds. The molecule has 0 bridgehead atoms. The highest BCUT2D eigenvalue weighted by molar-refractivity contribution is 7.80. The second kappa shape index (κ2) is 3.21. The molecule has 1 heterocycles. The quantitative estimate of drug-likeness (QED) is 0.635. The Morgan fingerprint density at radius 2 is 2.23 bits per heavy atom. The van der Waals surface area contributed by atoms with Gasteiger partial charge in [0.2, 0.25) is 0 Å². The molecule has 0 spiro atoms. The van der Waals surface area contributed by atoms with Crippen molar-refractivity contribution in [1.82, 2.24) is 0 Å². The van der Waals surface area contributed by atoms with E-state index >= 15 is 0 Å². The van der Waals surface area contributed by atoms with Gasteiger partial charge < -0.3 is 10.2 Å². The van der Waals surface area contributed by atoms with Crippen molar-refractivity contribution in [2.24, 2.45) is 0 Å². The number of thiol groups is 1. The summed E-state index contributed by atoms with van der Waals surface area (Å²) in [6.45, 7) is -0.0267. The number of phenolic OH excluding ortho intramolecular Hbond substituents is 1. The van der Waals surface area contributed by atoms with Crippen LogP contribution in [0.2, 0.25) is 0 Å². The molecule has 0 atom stereocenters. The summed E-state index contributed by atoms with van der Waals surface area (Å²) >= 11 is 5.57. The number of benzene rings is 1. The first kappa shape index (κ1) is 8.87. The zero-order valence-corrected chi connectivity index (χ0v) is 8.40. The molecule has 2 rings (SSSR count). The summed E-state index contributed by atoms with van der Waals surface area (Å²) in [6.07, 6.45) is 0. The molecule has 0 unspecified atom stereocenters. The van der Waals surface area contributed by atoms with Gasteiger partial charge in [0.15, 0.2) is 0 Å². The van der Waals surface area contributed by atoms with E-state index in [1.165, 1.54) is 11.3 Å². The molecule has 2 N–H and O–H groups in total. The van der Waals surface area contributed by atoms with E-state index in [1.54, 1.807) is 6.07 Å². The Labute approximate surface area is 84.9 Å². The lowest BCUT2D eigenvalue weighted by molar-refractivity contribution is 0.283. The Balaban J connectivity index is 2.87. The number of hydrogen-bond acceptors (Lipinski definition) is 4. The van der Waals surface area contributed by atoms with E-state index in [-0.39, 0.29) is 12.4 Å². The van der Waals surface area contributed by atoms with Crippen LogP contribution in [0, 0.1) is 0 Å². The Morgan fingerprint density at radius 3 is 2.92 bits per heavy atom. The predicted octanol–water partition coefficient (Wildman–Crippen LogP) is 2.39. The van der Waals surface area contributed by atoms with Crippen LogP contribution in [0.4, 0.5) is 0 Å². The highest BCUT2D eigenvalue weighted by atomic mass is 32.1. The maximum absolute atomic E-state index is 9.62. The van der Waals surface area contributed by atoms with Crippen LogP contribution >= 0.6 is 24.0 Å². The molecule has 4 heteroatoms. The van der Waals surface area contributed by atoms with E-state index in [1.807, 2.05) is 11.4 Å². The van der Waals surface area contributed by atoms with E-state index in [2.05, 4.69) is 12.6 Å². The lowest BCUT2D eigenvalue weighted by Gasteiger charge is -2.03. The standard InChI is InChI=1S/C9H8O2S2/c10-4-5-3-7(12)8(11)9-6(5)1-2-13-9/h1-3,10-12H,4H2. The Kier molecular flexibility index (Phi) is 2.19. The smallest absolute Gasteiger partial charge is 0.146 e. The predicted molar refractivity (Wildman–Crippen MR) is 56.7 cm³/mol. The highest BCUT2D eigenvalue weighted by Crippen LogP contribution is 2.37. The summed E-state index contributed by atoms with van der Waals surface area (Å²) in [5.41, 5.74) is 0.805. The van der Waals surface area contributed by atoms with Crippen molar-refractivity contribution >= 4 is 34.1 Å². The van der Waals surface area contributed by atoms with Gasteiger partial charge in [-0.2, -0.15) is 0 Å². The van der Waals surface area contributed by atoms with Gasteiger partial charge in [-0.05, 0) is 23.1 Å². The Hall–Kier alpha value is -0.710. The molecular formula is C9H8O2S2. The summed E-state index contributed by atoms with van der Waals surface area (Å²) in [5, 5.41) is 21.5. The lowest BCUT2D eigenvalue weighted by Crippen LogP contribution is -1.84. The van der Waals surface area contributed by atoms with Crippen molar-refractivity contribution < 1.29 is 10.2 Å². The number of rotatable bonds is 1. The van der Waals surface area contributed by atoms with E-state index in [0.29, 0.717) is 4.90 Å². The van der Waals surface area contributed by atoms with Crippen LogP contribution in [-0.2, 0) is 6.61 Å². The van der Waals surface area contributed by atoms with Crippen LogP contribution in [0.1, 0.15) is 5.56 Å². The number of hydrogen-bond donors (Lipinski definition) is 3. The summed E-state index contributed by atoms with van der Waals surface area (Å²) in [4.78, 5) is 0.513. The molecular weight excluding hydrogens is 204 g/mol. The molecule has 1 aromatic heterocycles. The normalized spacial score (nSPS) is 10.9. The van der Waals surface area contributed by atoms with Crippen LogP contribution in [0.3, 0.4) is 0 Å². The maximum Gasteiger partial charge on any atom is 0.146 e. The van der Waals surface area contributed by atoms with Gasteiger partial charge in [0.05, 0.1) is 11.3 Å². The van der Waals surface area contributed by atoms with Crippen LogP contribution < -0.4 is 0 Å². The van der Waals surface area contributed by atoms with Crippen molar-refractivity contribution in [2.75, 3.05) is 0 Å². The Bertz CT molecular complexity index is 448. The first-order valence-electron chi connectivity index (χ1n) is 3.76. The molecule has 1 aromatic carbocycles. The average Bonchev–Trinajstić information content (AvgIpc) is 2.60. The zero-order valence-electron chi connectivity index (χ0n) is 6.69. The first-order chi connectivity index (χ1) is 6.24. The number of phenols is 1. The first-order valence-corrected chi connectivity index (χ1v) is 5.08. The largest absolute Gasteiger partial charge is 0.505 e. The molecule has 0 fully saturated rings. The second-order valence-corrected chi connectivity index (χ2v) is 4.12. The van der Waals surface area contributed by atoms with Crippen molar-refractivity contribution in [1.29, 1.82) is 0 Å². The van der Waals surface area contributed by atoms with E-state index in [0.717, 1.165) is 15.6 Å². The summed E-state index contributed by atoms with van der Waals surface area (Å²) < 4.78 is 0.788. The number of aliphatic hydroxyl groups excluding tert-OH is 1. The fourth-order valence-electron chi connectivity index (χ4n) is 1.30. The third-order valence-corrected chi connectivity index (χ3v) is 3.21. The molecule has 2 aromatic rings. The highest BCUT2D eigenvalue weighted by Gasteiger charge is 2.09. The number of aromatic hydroxyl groups is 1. The van der Waals surface area contributed by atoms with Crippen molar-refractivity contribution in [3.05, 3.63) is 23.1 Å². The minimum absolute atomic E-state index is 0.0267. The molecule has 13 heavy (non-hydrogen) atoms. The minimum atomic E-state index is -0.0267. The number of thiophene rings is 1. The Morgan fingerprint density at radius 1 is 1.46 bits per heavy atom. The second-order valence-electron chi connectivity index (χ2n) is 2.72. The molecule has 2 nitrogen and oxygen atoms in total. The fourth-order valence-corrected chi connectivity index (χ4v) is 2.53. The maximum atomic E-state index is 9.62. The van der Waals surface area contributed by atoms with Crippen LogP contribution in [0.25, 0.3) is 10.1 Å². The van der Waals surface area contributed by atoms with Gasteiger partial charge >= 0.3 is 0 Å². The van der Waals surface area contributed by atoms with Crippen LogP contribution in [0.5, 0.6) is 5.75 Å². The lowest BCUT2D eigenvalue weighted by atomic mass is 10.1. The van der Waals surface area contributed by atoms with Gasteiger partial charge in [-0.25, -0.2) is 0 Å². The van der Waals surface area contributed by atoms with E-state index < -0.39 is 0 Å². The third kappa shape index (κ3) is 1.31. The van der Waals surface area contributed by atoms with Gasteiger partial charge in [-0.15, -0.1) is 24.0 Å². The molecule has 0 aliphatic heterocycles. The summed E-state index contributed by atoms with van der Waals surface area (Å²) in [7, 11) is 0. The van der Waals surface area contributed by atoms with Crippen molar-refractivity contribution in [3.8, 4) is 5.75 Å². The monoisotopic (exact) mass is 212 g/mol. The van der Waals surface area contributed by atoms with Gasteiger partial charge in [-0.3, -0.25) is 0 Å². The van der Waals surface area contributed by atoms with Crippen molar-refractivity contribution in [3.63, 3.8) is 0 Å². The number of aliphatic hydroxyl groups is 1. The fraction of sp³-hybridized carbons (Fsp3) is 0.111. The minimum Gasteiger partial charge on any atom is -0.505 e. The molecule has 0 aliphatic carbocycles. The van der Waals surface area contributed by atoms with Crippen LogP contribution in [-0.4, -0.2) is 10.2 Å². The molecule has 0 aliphatic rings. The average molecular weight is 212 g/mol. The SMILES string of the molecule is OCc1cc(S)c(O)c2sccc12. The van der Waals surface area contributed by atoms with Gasteiger partial charge in [0.25, 0.3) is 0 Å². The van der Waals surface area contributed by atoms with Gasteiger partial charge in [-0.1, -0.05) is 0 Å². The zero-order chi connectivity index (χ0) is 9.42. The third-order valence-electron chi connectivity index (χ3n) is 1.95. The van der Waals surface area contributed by atoms with Gasteiger partial charge in [0.1, 0.15) is 5.75 Å². The molecule has 0 saturated heterocycles. The molecule has 0 radical (unpaired) electrons. The number of fused-ring (bicyclic) bond motifs is 1. The van der Waals surface area contributed by atoms with Crippen LogP contribution in [0.15, 0.2) is 22.4 Å². The molecule has 0 saturated carbocycles.